The first-order chi connectivity index (χ1) is 13.1. The largest absolute Gasteiger partial charge is 0.356 e. The molecule has 0 unspecified atom stereocenters. The highest BCUT2D eigenvalue weighted by Gasteiger charge is 2.16. The van der Waals surface area contributed by atoms with Gasteiger partial charge >= 0.3 is 6.03 Å². The van der Waals surface area contributed by atoms with Crippen molar-refractivity contribution in [2.75, 3.05) is 5.32 Å². The summed E-state index contributed by atoms with van der Waals surface area (Å²) in [5.41, 5.74) is 3.32. The maximum Gasteiger partial charge on any atom is 0.319 e. The van der Waals surface area contributed by atoms with Crippen LogP contribution >= 0.6 is 11.6 Å². The van der Waals surface area contributed by atoms with Gasteiger partial charge in [-0.25, -0.2) is 4.79 Å². The zero-order chi connectivity index (χ0) is 18.8. The van der Waals surface area contributed by atoms with Crippen molar-refractivity contribution in [2.24, 2.45) is 0 Å². The summed E-state index contributed by atoms with van der Waals surface area (Å²) in [6, 6.07) is 13.9. The van der Waals surface area contributed by atoms with E-state index in [0.717, 1.165) is 11.1 Å². The molecule has 1 aliphatic rings. The number of carbonyl (C=O) groups excluding carboxylic acids is 2. The predicted octanol–water partition coefficient (Wildman–Crippen LogP) is 3.56. The number of aromatic nitrogens is 1. The second-order valence-corrected chi connectivity index (χ2v) is 6.43. The van der Waals surface area contributed by atoms with E-state index in [9.17, 15) is 9.59 Å². The highest BCUT2D eigenvalue weighted by molar-refractivity contribution is 6.33. The van der Waals surface area contributed by atoms with Crippen LogP contribution in [-0.4, -0.2) is 17.1 Å². The quantitative estimate of drug-likeness (QED) is 0.642. The van der Waals surface area contributed by atoms with E-state index < -0.39 is 0 Å². The Bertz CT molecular complexity index is 1030. The zero-order valence-electron chi connectivity index (χ0n) is 14.1. The SMILES string of the molecule is O=C1NCc2ccc(C(=O)NCc3cc(-c4ccccc4Cl)on3)cc2N1. The Kier molecular flexibility index (Phi) is 4.52. The number of halogens is 1. The second kappa shape index (κ2) is 7.13. The van der Waals surface area contributed by atoms with Crippen LogP contribution in [0.15, 0.2) is 53.1 Å². The number of hydrogen-bond acceptors (Lipinski definition) is 4. The van der Waals surface area contributed by atoms with Crippen molar-refractivity contribution >= 4 is 29.2 Å². The van der Waals surface area contributed by atoms with Crippen LogP contribution in [-0.2, 0) is 13.1 Å². The molecule has 8 heteroatoms. The number of benzene rings is 2. The molecule has 3 N–H and O–H groups in total. The first kappa shape index (κ1) is 17.1. The molecule has 0 bridgehead atoms. The molecule has 2 aromatic carbocycles. The van der Waals surface area contributed by atoms with Gasteiger partial charge in [-0.3, -0.25) is 4.79 Å². The lowest BCUT2D eigenvalue weighted by Crippen LogP contribution is -2.33. The van der Waals surface area contributed by atoms with E-state index in [1.54, 1.807) is 24.3 Å². The lowest BCUT2D eigenvalue weighted by atomic mass is 10.1. The van der Waals surface area contributed by atoms with Gasteiger partial charge in [0.25, 0.3) is 5.91 Å². The molecule has 1 aromatic heterocycles. The van der Waals surface area contributed by atoms with Crippen molar-refractivity contribution < 1.29 is 14.1 Å². The number of amides is 3. The van der Waals surface area contributed by atoms with E-state index in [1.807, 2.05) is 24.3 Å². The highest BCUT2D eigenvalue weighted by atomic mass is 35.5. The third-order valence-electron chi connectivity index (χ3n) is 4.19. The van der Waals surface area contributed by atoms with Crippen LogP contribution in [0.3, 0.4) is 0 Å². The smallest absolute Gasteiger partial charge is 0.319 e. The normalized spacial score (nSPS) is 12.7. The Morgan fingerprint density at radius 3 is 2.93 bits per heavy atom. The fourth-order valence-electron chi connectivity index (χ4n) is 2.79. The molecule has 4 rings (SSSR count). The lowest BCUT2D eigenvalue weighted by molar-refractivity contribution is 0.0950. The van der Waals surface area contributed by atoms with Crippen LogP contribution in [0.1, 0.15) is 21.6 Å². The molecule has 27 heavy (non-hydrogen) atoms. The van der Waals surface area contributed by atoms with Gasteiger partial charge in [0.2, 0.25) is 0 Å². The molecule has 3 amide bonds. The van der Waals surface area contributed by atoms with Crippen LogP contribution in [0, 0.1) is 0 Å². The maximum atomic E-state index is 12.4. The minimum Gasteiger partial charge on any atom is -0.356 e. The molecule has 0 radical (unpaired) electrons. The summed E-state index contributed by atoms with van der Waals surface area (Å²) in [6.45, 7) is 0.643. The molecule has 7 nitrogen and oxygen atoms in total. The van der Waals surface area contributed by atoms with Gasteiger partial charge in [0.1, 0.15) is 5.69 Å². The molecule has 0 fully saturated rings. The molecule has 0 atom stereocenters. The Labute approximate surface area is 159 Å². The van der Waals surface area contributed by atoms with E-state index >= 15 is 0 Å². The van der Waals surface area contributed by atoms with Gasteiger partial charge in [-0.05, 0) is 29.8 Å². The van der Waals surface area contributed by atoms with E-state index in [4.69, 9.17) is 16.1 Å². The molecule has 136 valence electrons. The number of carbonyl (C=O) groups is 2. The van der Waals surface area contributed by atoms with Crippen molar-refractivity contribution in [2.45, 2.75) is 13.1 Å². The predicted molar refractivity (Wildman–Crippen MR) is 100 cm³/mol. The molecule has 0 saturated heterocycles. The molecule has 0 aliphatic carbocycles. The summed E-state index contributed by atoms with van der Waals surface area (Å²) in [4.78, 5) is 23.8. The first-order valence-electron chi connectivity index (χ1n) is 8.26. The number of anilines is 1. The number of nitrogens with one attached hydrogen (secondary N) is 3. The minimum atomic E-state index is -0.283. The number of fused-ring (bicyclic) bond motifs is 1. The van der Waals surface area contributed by atoms with E-state index in [1.165, 1.54) is 0 Å². The van der Waals surface area contributed by atoms with E-state index in [-0.39, 0.29) is 18.5 Å². The summed E-state index contributed by atoms with van der Waals surface area (Å²) < 4.78 is 5.32. The van der Waals surface area contributed by atoms with Gasteiger partial charge in [0.05, 0.1) is 11.6 Å². The van der Waals surface area contributed by atoms with Gasteiger partial charge < -0.3 is 20.5 Å². The monoisotopic (exact) mass is 382 g/mol. The van der Waals surface area contributed by atoms with Crippen molar-refractivity contribution in [3.8, 4) is 11.3 Å². The van der Waals surface area contributed by atoms with Crippen LogP contribution in [0.25, 0.3) is 11.3 Å². The Balaban J connectivity index is 1.44. The van der Waals surface area contributed by atoms with Crippen LogP contribution in [0.4, 0.5) is 10.5 Å². The van der Waals surface area contributed by atoms with Gasteiger partial charge in [0.15, 0.2) is 5.76 Å². The molecule has 0 spiro atoms. The topological polar surface area (TPSA) is 96.3 Å². The summed E-state index contributed by atoms with van der Waals surface area (Å²) >= 11 is 6.15. The van der Waals surface area contributed by atoms with Crippen LogP contribution < -0.4 is 16.0 Å². The summed E-state index contributed by atoms with van der Waals surface area (Å²) in [7, 11) is 0. The molecule has 0 saturated carbocycles. The number of urea groups is 1. The van der Waals surface area contributed by atoms with Gasteiger partial charge in [0, 0.05) is 29.4 Å². The summed E-state index contributed by atoms with van der Waals surface area (Å²) in [5, 5.41) is 12.7. The van der Waals surface area contributed by atoms with Crippen LogP contribution in [0.2, 0.25) is 5.02 Å². The number of rotatable bonds is 4. The van der Waals surface area contributed by atoms with Crippen molar-refractivity contribution in [3.05, 3.63) is 70.4 Å². The standard InChI is InChI=1S/C19H15ClN4O3/c20-15-4-2-1-3-14(15)17-8-13(24-27-17)10-21-18(25)11-5-6-12-9-22-19(26)23-16(12)7-11/h1-8H,9-10H2,(H,21,25)(H2,22,23,26). The number of hydrogen-bond donors (Lipinski definition) is 3. The second-order valence-electron chi connectivity index (χ2n) is 6.02. The van der Waals surface area contributed by atoms with Gasteiger partial charge in [-0.2, -0.15) is 0 Å². The minimum absolute atomic E-state index is 0.206. The lowest BCUT2D eigenvalue weighted by Gasteiger charge is -2.18. The Morgan fingerprint density at radius 1 is 1.22 bits per heavy atom. The Hall–Kier alpha value is -3.32. The first-order valence-corrected chi connectivity index (χ1v) is 8.64. The molecule has 2 heterocycles. The zero-order valence-corrected chi connectivity index (χ0v) is 14.8. The third-order valence-corrected chi connectivity index (χ3v) is 4.52. The summed E-state index contributed by atoms with van der Waals surface area (Å²) in [5.74, 6) is 0.265. The van der Waals surface area contributed by atoms with Gasteiger partial charge in [-0.15, -0.1) is 0 Å². The Morgan fingerprint density at radius 2 is 2.07 bits per heavy atom. The molecule has 3 aromatic rings. The maximum absolute atomic E-state index is 12.4. The van der Waals surface area contributed by atoms with Gasteiger partial charge in [-0.1, -0.05) is 35.0 Å². The fourth-order valence-corrected chi connectivity index (χ4v) is 3.02. The summed E-state index contributed by atoms with van der Waals surface area (Å²) in [6.07, 6.45) is 0. The van der Waals surface area contributed by atoms with E-state index in [2.05, 4.69) is 21.1 Å². The van der Waals surface area contributed by atoms with Crippen molar-refractivity contribution in [1.29, 1.82) is 0 Å². The van der Waals surface area contributed by atoms with Crippen molar-refractivity contribution in [3.63, 3.8) is 0 Å². The molecular formula is C19H15ClN4O3. The fraction of sp³-hybridized carbons (Fsp3) is 0.105. The molecular weight excluding hydrogens is 368 g/mol. The van der Waals surface area contributed by atoms with E-state index in [0.29, 0.717) is 34.3 Å². The average Bonchev–Trinajstić information content (AvgIpc) is 3.14. The van der Waals surface area contributed by atoms with Crippen molar-refractivity contribution in [1.82, 2.24) is 15.8 Å². The number of nitrogens with zero attached hydrogens (tertiary/aromatic N) is 1. The molecule has 1 aliphatic heterocycles. The highest BCUT2D eigenvalue weighted by Crippen LogP contribution is 2.28. The third kappa shape index (κ3) is 3.63. The average molecular weight is 383 g/mol. The van der Waals surface area contributed by atoms with Crippen LogP contribution in [0.5, 0.6) is 0 Å².